The lowest BCUT2D eigenvalue weighted by atomic mass is 10.3. The van der Waals surface area contributed by atoms with E-state index in [4.69, 9.17) is 16.3 Å². The number of ether oxygens (including phenoxy) is 1. The van der Waals surface area contributed by atoms with Gasteiger partial charge in [0.25, 0.3) is 0 Å². The molecule has 1 N–H and O–H groups in total. The lowest BCUT2D eigenvalue weighted by Gasteiger charge is -2.35. The lowest BCUT2D eigenvalue weighted by molar-refractivity contribution is 0.208. The molecule has 1 saturated heterocycles. The summed E-state index contributed by atoms with van der Waals surface area (Å²) in [5.74, 6) is 1.49. The van der Waals surface area contributed by atoms with Gasteiger partial charge in [-0.15, -0.1) is 0 Å². The summed E-state index contributed by atoms with van der Waals surface area (Å²) in [6, 6.07) is 5.70. The Balaban J connectivity index is 1.58. The number of benzene rings is 1. The standard InChI is InChI=1S/C19H23ClFN5O2/c1-3-10-28-18-12-17(22-13(2)23-18)25-6-8-26(9-7-25)19(27)24-14-4-5-16(21)15(20)11-14/h4-5,11-12H,3,6-10H2,1-2H3,(H,24,27). The number of halogens is 2. The first-order valence-corrected chi connectivity index (χ1v) is 9.58. The Morgan fingerprint density at radius 3 is 2.68 bits per heavy atom. The van der Waals surface area contributed by atoms with Crippen LogP contribution in [-0.4, -0.2) is 53.7 Å². The van der Waals surface area contributed by atoms with Crippen molar-refractivity contribution >= 4 is 29.1 Å². The van der Waals surface area contributed by atoms with Gasteiger partial charge in [-0.05, 0) is 31.5 Å². The summed E-state index contributed by atoms with van der Waals surface area (Å²) in [4.78, 5) is 25.0. The Morgan fingerprint density at radius 1 is 1.25 bits per heavy atom. The van der Waals surface area contributed by atoms with Crippen LogP contribution in [0.5, 0.6) is 5.88 Å². The molecule has 2 aromatic rings. The predicted molar refractivity (Wildman–Crippen MR) is 107 cm³/mol. The smallest absolute Gasteiger partial charge is 0.321 e. The second-order valence-corrected chi connectivity index (χ2v) is 6.90. The fourth-order valence-electron chi connectivity index (χ4n) is 2.88. The number of amides is 2. The van der Waals surface area contributed by atoms with Crippen molar-refractivity contribution in [2.75, 3.05) is 43.0 Å². The quantitative estimate of drug-likeness (QED) is 0.817. The summed E-state index contributed by atoms with van der Waals surface area (Å²) in [5, 5.41) is 2.72. The third-order valence-corrected chi connectivity index (χ3v) is 4.61. The molecule has 0 radical (unpaired) electrons. The van der Waals surface area contributed by atoms with Gasteiger partial charge in [-0.2, -0.15) is 4.98 Å². The Hall–Kier alpha value is -2.61. The summed E-state index contributed by atoms with van der Waals surface area (Å²) < 4.78 is 18.9. The Morgan fingerprint density at radius 2 is 2.00 bits per heavy atom. The molecule has 0 atom stereocenters. The molecule has 0 unspecified atom stereocenters. The number of hydrogen-bond donors (Lipinski definition) is 1. The molecule has 150 valence electrons. The predicted octanol–water partition coefficient (Wildman–Crippen LogP) is 3.72. The van der Waals surface area contributed by atoms with E-state index < -0.39 is 5.82 Å². The van der Waals surface area contributed by atoms with Crippen LogP contribution in [0.3, 0.4) is 0 Å². The minimum atomic E-state index is -0.518. The van der Waals surface area contributed by atoms with Gasteiger partial charge in [0.15, 0.2) is 0 Å². The molecular formula is C19H23ClFN5O2. The second kappa shape index (κ2) is 9.05. The summed E-state index contributed by atoms with van der Waals surface area (Å²) in [7, 11) is 0. The molecule has 1 fully saturated rings. The van der Waals surface area contributed by atoms with Crippen molar-refractivity contribution in [2.45, 2.75) is 20.3 Å². The van der Waals surface area contributed by atoms with Gasteiger partial charge >= 0.3 is 6.03 Å². The summed E-state index contributed by atoms with van der Waals surface area (Å²) in [6.07, 6.45) is 0.908. The van der Waals surface area contributed by atoms with Crippen LogP contribution in [0, 0.1) is 12.7 Å². The first-order chi connectivity index (χ1) is 13.5. The topological polar surface area (TPSA) is 70.6 Å². The Labute approximate surface area is 168 Å². The number of carbonyl (C=O) groups excluding carboxylic acids is 1. The van der Waals surface area contributed by atoms with E-state index in [1.807, 2.05) is 19.9 Å². The normalized spacial score (nSPS) is 14.1. The summed E-state index contributed by atoms with van der Waals surface area (Å²) in [5.41, 5.74) is 0.461. The van der Waals surface area contributed by atoms with Crippen molar-refractivity contribution in [2.24, 2.45) is 0 Å². The first kappa shape index (κ1) is 20.1. The van der Waals surface area contributed by atoms with Crippen molar-refractivity contribution in [3.8, 4) is 5.88 Å². The van der Waals surface area contributed by atoms with Crippen LogP contribution in [0.2, 0.25) is 5.02 Å². The highest BCUT2D eigenvalue weighted by Crippen LogP contribution is 2.21. The zero-order valence-corrected chi connectivity index (χ0v) is 16.7. The van der Waals surface area contributed by atoms with Crippen molar-refractivity contribution < 1.29 is 13.9 Å². The van der Waals surface area contributed by atoms with Gasteiger partial charge in [-0.3, -0.25) is 0 Å². The number of nitrogens with one attached hydrogen (secondary N) is 1. The van der Waals surface area contributed by atoms with Crippen LogP contribution in [-0.2, 0) is 0 Å². The maximum atomic E-state index is 13.2. The number of nitrogens with zero attached hydrogens (tertiary/aromatic N) is 4. The van der Waals surface area contributed by atoms with Gasteiger partial charge in [0, 0.05) is 37.9 Å². The Kier molecular flexibility index (Phi) is 6.51. The number of carbonyl (C=O) groups is 1. The van der Waals surface area contributed by atoms with E-state index in [9.17, 15) is 9.18 Å². The van der Waals surface area contributed by atoms with E-state index >= 15 is 0 Å². The molecule has 0 aliphatic carbocycles. The molecule has 0 saturated carbocycles. The van der Waals surface area contributed by atoms with E-state index in [0.717, 1.165) is 12.2 Å². The van der Waals surface area contributed by atoms with Crippen LogP contribution < -0.4 is 15.0 Å². The zero-order valence-electron chi connectivity index (χ0n) is 15.9. The molecular weight excluding hydrogens is 385 g/mol. The Bertz CT molecular complexity index is 843. The molecule has 2 amide bonds. The maximum Gasteiger partial charge on any atom is 0.321 e. The minimum absolute atomic E-state index is 0.0251. The maximum absolute atomic E-state index is 13.2. The van der Waals surface area contributed by atoms with E-state index in [0.29, 0.717) is 50.2 Å². The van der Waals surface area contributed by atoms with Gasteiger partial charge in [0.2, 0.25) is 5.88 Å². The molecule has 1 aromatic carbocycles. The molecule has 1 aliphatic rings. The van der Waals surface area contributed by atoms with Crippen molar-refractivity contribution in [3.63, 3.8) is 0 Å². The van der Waals surface area contributed by atoms with Crippen LogP contribution >= 0.6 is 11.6 Å². The molecule has 3 rings (SSSR count). The largest absolute Gasteiger partial charge is 0.478 e. The molecule has 0 bridgehead atoms. The highest BCUT2D eigenvalue weighted by molar-refractivity contribution is 6.31. The summed E-state index contributed by atoms with van der Waals surface area (Å²) in [6.45, 7) is 6.84. The first-order valence-electron chi connectivity index (χ1n) is 9.20. The molecule has 1 aromatic heterocycles. The second-order valence-electron chi connectivity index (χ2n) is 6.49. The highest BCUT2D eigenvalue weighted by Gasteiger charge is 2.23. The van der Waals surface area contributed by atoms with Gasteiger partial charge < -0.3 is 19.9 Å². The molecule has 2 heterocycles. The van der Waals surface area contributed by atoms with Gasteiger partial charge in [-0.1, -0.05) is 18.5 Å². The SMILES string of the molecule is CCCOc1cc(N2CCN(C(=O)Nc3ccc(F)c(Cl)c3)CC2)nc(C)n1. The third-order valence-electron chi connectivity index (χ3n) is 4.32. The highest BCUT2D eigenvalue weighted by atomic mass is 35.5. The van der Waals surface area contributed by atoms with Gasteiger partial charge in [-0.25, -0.2) is 14.2 Å². The average Bonchev–Trinajstić information content (AvgIpc) is 2.69. The number of hydrogen-bond acceptors (Lipinski definition) is 5. The van der Waals surface area contributed by atoms with E-state index in [1.165, 1.54) is 18.2 Å². The monoisotopic (exact) mass is 407 g/mol. The number of anilines is 2. The van der Waals surface area contributed by atoms with E-state index in [2.05, 4.69) is 20.2 Å². The number of rotatable bonds is 5. The molecule has 7 nitrogen and oxygen atoms in total. The number of urea groups is 1. The zero-order chi connectivity index (χ0) is 20.1. The molecule has 1 aliphatic heterocycles. The number of piperazine rings is 1. The number of aryl methyl sites for hydroxylation is 1. The summed E-state index contributed by atoms with van der Waals surface area (Å²) >= 11 is 5.76. The average molecular weight is 408 g/mol. The molecule has 9 heteroatoms. The van der Waals surface area contributed by atoms with Crippen LogP contribution in [0.4, 0.5) is 20.7 Å². The number of aromatic nitrogens is 2. The minimum Gasteiger partial charge on any atom is -0.478 e. The van der Waals surface area contributed by atoms with Crippen LogP contribution in [0.15, 0.2) is 24.3 Å². The van der Waals surface area contributed by atoms with Crippen LogP contribution in [0.1, 0.15) is 19.2 Å². The lowest BCUT2D eigenvalue weighted by Crippen LogP contribution is -2.50. The van der Waals surface area contributed by atoms with Crippen LogP contribution in [0.25, 0.3) is 0 Å². The van der Waals surface area contributed by atoms with Gasteiger partial charge in [0.05, 0.1) is 11.6 Å². The van der Waals surface area contributed by atoms with E-state index in [-0.39, 0.29) is 11.1 Å². The third kappa shape index (κ3) is 5.01. The van der Waals surface area contributed by atoms with Gasteiger partial charge in [0.1, 0.15) is 17.5 Å². The van der Waals surface area contributed by atoms with Crippen molar-refractivity contribution in [3.05, 3.63) is 40.9 Å². The fourth-order valence-corrected chi connectivity index (χ4v) is 3.06. The fraction of sp³-hybridized carbons (Fsp3) is 0.421. The van der Waals surface area contributed by atoms with E-state index in [1.54, 1.807) is 4.90 Å². The molecule has 28 heavy (non-hydrogen) atoms. The van der Waals surface area contributed by atoms with Crippen molar-refractivity contribution in [1.29, 1.82) is 0 Å². The molecule has 0 spiro atoms. The van der Waals surface area contributed by atoms with Crippen molar-refractivity contribution in [1.82, 2.24) is 14.9 Å².